The van der Waals surface area contributed by atoms with Gasteiger partial charge in [0.1, 0.15) is 0 Å². The van der Waals surface area contributed by atoms with Crippen molar-refractivity contribution >= 4 is 45.5 Å². The van der Waals surface area contributed by atoms with Crippen LogP contribution in [0.1, 0.15) is 13.8 Å². The van der Waals surface area contributed by atoms with E-state index in [0.29, 0.717) is 15.4 Å². The van der Waals surface area contributed by atoms with E-state index in [4.69, 9.17) is 0 Å². The summed E-state index contributed by atoms with van der Waals surface area (Å²) in [4.78, 5) is 21.8. The highest BCUT2D eigenvalue weighted by atomic mass is 32.2. The second-order valence-corrected chi connectivity index (χ2v) is 7.61. The third kappa shape index (κ3) is 5.94. The van der Waals surface area contributed by atoms with Crippen LogP contribution in [-0.2, 0) is 4.79 Å². The number of benzene rings is 1. The van der Waals surface area contributed by atoms with Gasteiger partial charge in [-0.3, -0.25) is 14.9 Å². The van der Waals surface area contributed by atoms with Crippen LogP contribution in [0.3, 0.4) is 0 Å². The maximum absolute atomic E-state index is 13.3. The van der Waals surface area contributed by atoms with E-state index in [0.717, 1.165) is 18.7 Å². The summed E-state index contributed by atoms with van der Waals surface area (Å²) in [5.74, 6) is -0.791. The Labute approximate surface area is 151 Å². The van der Waals surface area contributed by atoms with Crippen molar-refractivity contribution in [2.75, 3.05) is 22.9 Å². The summed E-state index contributed by atoms with van der Waals surface area (Å²) < 4.78 is 13.9. The molecule has 0 aliphatic heterocycles. The fourth-order valence-electron chi connectivity index (χ4n) is 1.69. The lowest BCUT2D eigenvalue weighted by atomic mass is 10.2. The molecule has 0 spiro atoms. The molecule has 0 unspecified atom stereocenters. The molecule has 0 fully saturated rings. The molecule has 0 aliphatic carbocycles. The Morgan fingerprint density at radius 2 is 2.20 bits per heavy atom. The van der Waals surface area contributed by atoms with Gasteiger partial charge in [-0.25, -0.2) is 0 Å². The Bertz CT molecular complexity index is 769. The fourth-order valence-corrected chi connectivity index (χ4v) is 3.24. The molecule has 25 heavy (non-hydrogen) atoms. The maximum Gasteiger partial charge on any atom is 0.306 e. The molecular formula is C14H16FN5O3S2. The number of nitrogens with one attached hydrogen (secondary N) is 2. The molecule has 0 bridgehead atoms. The minimum Gasteiger partial charge on any atom is -0.360 e. The third-order valence-corrected chi connectivity index (χ3v) is 4.84. The Morgan fingerprint density at radius 3 is 2.88 bits per heavy atom. The van der Waals surface area contributed by atoms with Crippen LogP contribution < -0.4 is 10.6 Å². The van der Waals surface area contributed by atoms with Crippen LogP contribution in [0.15, 0.2) is 22.5 Å². The van der Waals surface area contributed by atoms with E-state index in [9.17, 15) is 19.3 Å². The summed E-state index contributed by atoms with van der Waals surface area (Å²) in [7, 11) is 0. The summed E-state index contributed by atoms with van der Waals surface area (Å²) in [6, 6.07) is 3.19. The molecule has 134 valence electrons. The lowest BCUT2D eigenvalue weighted by molar-refractivity contribution is -0.387. The predicted molar refractivity (Wildman–Crippen MR) is 95.6 cm³/mol. The van der Waals surface area contributed by atoms with Crippen molar-refractivity contribution in [2.45, 2.75) is 18.2 Å². The van der Waals surface area contributed by atoms with Gasteiger partial charge in [0, 0.05) is 18.3 Å². The second kappa shape index (κ2) is 8.72. The van der Waals surface area contributed by atoms with Crippen LogP contribution in [0.25, 0.3) is 0 Å². The normalized spacial score (nSPS) is 10.7. The van der Waals surface area contributed by atoms with E-state index in [1.807, 2.05) is 0 Å². The first-order valence-electron chi connectivity index (χ1n) is 7.29. The lowest BCUT2D eigenvalue weighted by Gasteiger charge is -2.04. The molecule has 8 nitrogen and oxygen atoms in total. The van der Waals surface area contributed by atoms with E-state index in [1.165, 1.54) is 29.2 Å². The standard InChI is InChI=1S/C14H16FN5O3S2/c1-8(2)6-16-13-18-19-14(25-13)24-7-12(21)17-9-3-4-10(15)11(5-9)20(22)23/h3-5,8H,6-7H2,1-2H3,(H,16,18)(H,17,21). The monoisotopic (exact) mass is 385 g/mol. The topological polar surface area (TPSA) is 110 Å². The zero-order valence-electron chi connectivity index (χ0n) is 13.5. The number of hydrogen-bond donors (Lipinski definition) is 2. The molecule has 0 aliphatic rings. The average molecular weight is 385 g/mol. The summed E-state index contributed by atoms with van der Waals surface area (Å²) >= 11 is 2.54. The first-order valence-corrected chi connectivity index (χ1v) is 9.09. The van der Waals surface area contributed by atoms with Crippen LogP contribution in [0.4, 0.5) is 20.9 Å². The van der Waals surface area contributed by atoms with Crippen LogP contribution >= 0.6 is 23.1 Å². The number of anilines is 2. The summed E-state index contributed by atoms with van der Waals surface area (Å²) in [6.45, 7) is 4.94. The quantitative estimate of drug-likeness (QED) is 0.407. The van der Waals surface area contributed by atoms with Gasteiger partial charge in [0.25, 0.3) is 0 Å². The number of carbonyl (C=O) groups is 1. The highest BCUT2D eigenvalue weighted by Gasteiger charge is 2.15. The molecule has 2 aromatic rings. The van der Waals surface area contributed by atoms with Gasteiger partial charge >= 0.3 is 5.69 Å². The van der Waals surface area contributed by atoms with Gasteiger partial charge in [0.15, 0.2) is 4.34 Å². The number of thioether (sulfide) groups is 1. The number of carbonyl (C=O) groups excluding carboxylic acids is 1. The minimum absolute atomic E-state index is 0.0595. The number of nitrogens with zero attached hydrogens (tertiary/aromatic N) is 3. The summed E-state index contributed by atoms with van der Waals surface area (Å²) in [5.41, 5.74) is -0.523. The average Bonchev–Trinajstić information content (AvgIpc) is 3.00. The van der Waals surface area contributed by atoms with Crippen molar-refractivity contribution in [3.8, 4) is 0 Å². The minimum atomic E-state index is -0.951. The molecule has 1 heterocycles. The SMILES string of the molecule is CC(C)CNc1nnc(SCC(=O)Nc2ccc(F)c([N+](=O)[O-])c2)s1. The summed E-state index contributed by atoms with van der Waals surface area (Å²) in [5, 5.41) is 25.0. The Morgan fingerprint density at radius 1 is 1.44 bits per heavy atom. The van der Waals surface area contributed by atoms with Crippen molar-refractivity contribution in [1.29, 1.82) is 0 Å². The van der Waals surface area contributed by atoms with Crippen LogP contribution in [0.2, 0.25) is 0 Å². The van der Waals surface area contributed by atoms with Crippen LogP contribution in [0, 0.1) is 21.8 Å². The van der Waals surface area contributed by atoms with Crippen LogP contribution in [0.5, 0.6) is 0 Å². The highest BCUT2D eigenvalue weighted by Crippen LogP contribution is 2.26. The Balaban J connectivity index is 1.87. The van der Waals surface area contributed by atoms with Crippen molar-refractivity contribution in [2.24, 2.45) is 5.92 Å². The molecule has 1 aromatic heterocycles. The number of rotatable bonds is 8. The molecular weight excluding hydrogens is 369 g/mol. The fraction of sp³-hybridized carbons (Fsp3) is 0.357. The number of aromatic nitrogens is 2. The Kier molecular flexibility index (Phi) is 6.65. The van der Waals surface area contributed by atoms with Gasteiger partial charge in [0.2, 0.25) is 16.9 Å². The third-order valence-electron chi connectivity index (χ3n) is 2.82. The molecule has 2 rings (SSSR count). The highest BCUT2D eigenvalue weighted by molar-refractivity contribution is 8.01. The number of amides is 1. The molecule has 1 amide bonds. The van der Waals surface area contributed by atoms with Crippen LogP contribution in [-0.4, -0.2) is 33.3 Å². The number of halogens is 1. The first kappa shape index (κ1) is 19.1. The zero-order chi connectivity index (χ0) is 18.4. The Hall–Kier alpha value is -2.27. The molecule has 11 heteroatoms. The zero-order valence-corrected chi connectivity index (χ0v) is 15.1. The molecule has 0 saturated heterocycles. The number of hydrogen-bond acceptors (Lipinski definition) is 8. The van der Waals surface area contributed by atoms with E-state index in [2.05, 4.69) is 34.7 Å². The first-order chi connectivity index (χ1) is 11.8. The molecule has 0 radical (unpaired) electrons. The van der Waals surface area contributed by atoms with Gasteiger partial charge in [0.05, 0.1) is 10.7 Å². The molecule has 0 saturated carbocycles. The van der Waals surface area contributed by atoms with Crippen molar-refractivity contribution in [1.82, 2.24) is 10.2 Å². The lowest BCUT2D eigenvalue weighted by Crippen LogP contribution is -2.14. The largest absolute Gasteiger partial charge is 0.360 e. The van der Waals surface area contributed by atoms with Gasteiger partial charge < -0.3 is 10.6 Å². The van der Waals surface area contributed by atoms with Gasteiger partial charge in [-0.15, -0.1) is 10.2 Å². The van der Waals surface area contributed by atoms with Crippen molar-refractivity contribution in [3.05, 3.63) is 34.1 Å². The van der Waals surface area contributed by atoms with Gasteiger partial charge in [-0.05, 0) is 18.1 Å². The van der Waals surface area contributed by atoms with E-state index in [1.54, 1.807) is 0 Å². The smallest absolute Gasteiger partial charge is 0.306 e. The van der Waals surface area contributed by atoms with Gasteiger partial charge in [-0.2, -0.15) is 4.39 Å². The van der Waals surface area contributed by atoms with E-state index in [-0.39, 0.29) is 17.3 Å². The van der Waals surface area contributed by atoms with E-state index >= 15 is 0 Å². The molecule has 1 aromatic carbocycles. The number of nitro benzene ring substituents is 1. The molecule has 2 N–H and O–H groups in total. The maximum atomic E-state index is 13.3. The van der Waals surface area contributed by atoms with E-state index < -0.39 is 16.4 Å². The number of nitro groups is 1. The predicted octanol–water partition coefficient (Wildman–Crippen LogP) is 3.38. The second-order valence-electron chi connectivity index (χ2n) is 5.41. The molecule has 0 atom stereocenters. The van der Waals surface area contributed by atoms with Gasteiger partial charge in [-0.1, -0.05) is 36.9 Å². The van der Waals surface area contributed by atoms with Crippen molar-refractivity contribution < 1.29 is 14.1 Å². The summed E-state index contributed by atoms with van der Waals surface area (Å²) in [6.07, 6.45) is 0. The van der Waals surface area contributed by atoms with Crippen molar-refractivity contribution in [3.63, 3.8) is 0 Å².